The summed E-state index contributed by atoms with van der Waals surface area (Å²) in [6, 6.07) is 1.03. The minimum absolute atomic E-state index is 0.183. The second kappa shape index (κ2) is 5.79. The summed E-state index contributed by atoms with van der Waals surface area (Å²) in [6.45, 7) is 14.4. The van der Waals surface area contributed by atoms with Gasteiger partial charge in [-0.05, 0) is 51.4 Å². The molecule has 4 nitrogen and oxygen atoms in total. The molecule has 1 saturated carbocycles. The molecule has 2 unspecified atom stereocenters. The lowest BCUT2D eigenvalue weighted by Gasteiger charge is -2.45. The lowest BCUT2D eigenvalue weighted by Crippen LogP contribution is -2.63. The minimum Gasteiger partial charge on any atom is -0.444 e. The molecule has 0 aromatic carbocycles. The third-order valence-electron chi connectivity index (χ3n) is 4.39. The van der Waals surface area contributed by atoms with Crippen LogP contribution in [0.3, 0.4) is 0 Å². The van der Waals surface area contributed by atoms with Gasteiger partial charge in [0.25, 0.3) is 0 Å². The van der Waals surface area contributed by atoms with Gasteiger partial charge in [-0.2, -0.15) is 0 Å². The maximum Gasteiger partial charge on any atom is 0.410 e. The molecule has 0 aromatic rings. The van der Waals surface area contributed by atoms with E-state index < -0.39 is 5.60 Å². The fraction of sp³-hybridized carbons (Fsp3) is 0.941. The van der Waals surface area contributed by atoms with Crippen molar-refractivity contribution in [1.29, 1.82) is 0 Å². The van der Waals surface area contributed by atoms with Gasteiger partial charge in [0, 0.05) is 25.2 Å². The lowest BCUT2D eigenvalue weighted by atomic mass is 9.70. The number of carbonyl (C=O) groups excluding carboxylic acids is 1. The van der Waals surface area contributed by atoms with Gasteiger partial charge >= 0.3 is 6.09 Å². The van der Waals surface area contributed by atoms with Gasteiger partial charge in [0.15, 0.2) is 0 Å². The summed E-state index contributed by atoms with van der Waals surface area (Å²) >= 11 is 0. The Morgan fingerprint density at radius 3 is 2.33 bits per heavy atom. The molecule has 122 valence electrons. The van der Waals surface area contributed by atoms with Gasteiger partial charge in [-0.15, -0.1) is 0 Å². The van der Waals surface area contributed by atoms with Gasteiger partial charge in [0.1, 0.15) is 5.60 Å². The van der Waals surface area contributed by atoms with Gasteiger partial charge in [-0.3, -0.25) is 0 Å². The normalized spacial score (nSPS) is 29.9. The highest BCUT2D eigenvalue weighted by Crippen LogP contribution is 2.38. The molecule has 2 aliphatic rings. The number of likely N-dealkylation sites (tertiary alicyclic amines) is 1. The maximum absolute atomic E-state index is 11.9. The molecule has 21 heavy (non-hydrogen) atoms. The van der Waals surface area contributed by atoms with Gasteiger partial charge in [-0.25, -0.2) is 4.79 Å². The molecule has 0 spiro atoms. The van der Waals surface area contributed by atoms with Crippen LogP contribution in [0, 0.1) is 11.3 Å². The van der Waals surface area contributed by atoms with Gasteiger partial charge in [0.2, 0.25) is 0 Å². The molecule has 0 radical (unpaired) electrons. The summed E-state index contributed by atoms with van der Waals surface area (Å²) in [6.07, 6.45) is 3.63. The Kier molecular flexibility index (Phi) is 4.57. The molecule has 2 fully saturated rings. The van der Waals surface area contributed by atoms with Crippen molar-refractivity contribution in [1.82, 2.24) is 10.2 Å². The highest BCUT2D eigenvalue weighted by Gasteiger charge is 2.37. The van der Waals surface area contributed by atoms with Crippen LogP contribution in [-0.2, 0) is 4.74 Å². The van der Waals surface area contributed by atoms with Crippen molar-refractivity contribution >= 4 is 6.09 Å². The Balaban J connectivity index is 1.74. The zero-order chi connectivity index (χ0) is 15.8. The summed E-state index contributed by atoms with van der Waals surface area (Å²) in [4.78, 5) is 13.7. The molecule has 1 aliphatic carbocycles. The molecule has 0 aromatic heterocycles. The van der Waals surface area contributed by atoms with Crippen LogP contribution in [0.2, 0.25) is 0 Å². The van der Waals surface area contributed by atoms with E-state index in [-0.39, 0.29) is 6.09 Å². The van der Waals surface area contributed by atoms with Crippen LogP contribution < -0.4 is 5.32 Å². The number of nitrogens with zero attached hydrogens (tertiary/aromatic N) is 1. The number of carbonyl (C=O) groups is 1. The van der Waals surface area contributed by atoms with Crippen molar-refractivity contribution in [2.24, 2.45) is 11.3 Å². The summed E-state index contributed by atoms with van der Waals surface area (Å²) < 4.78 is 5.39. The number of hydrogen-bond acceptors (Lipinski definition) is 3. The highest BCUT2D eigenvalue weighted by molar-refractivity contribution is 5.69. The Hall–Kier alpha value is -0.770. The molecule has 1 heterocycles. The number of ether oxygens (including phenoxy) is 1. The molecule has 2 rings (SSSR count). The minimum atomic E-state index is -0.404. The van der Waals surface area contributed by atoms with E-state index in [1.807, 2.05) is 20.8 Å². The van der Waals surface area contributed by atoms with Crippen molar-refractivity contribution in [3.63, 3.8) is 0 Å². The highest BCUT2D eigenvalue weighted by atomic mass is 16.6. The van der Waals surface area contributed by atoms with E-state index in [2.05, 4.69) is 26.1 Å². The van der Waals surface area contributed by atoms with E-state index in [0.29, 0.717) is 17.5 Å². The Labute approximate surface area is 129 Å². The van der Waals surface area contributed by atoms with Crippen LogP contribution in [0.1, 0.15) is 60.8 Å². The third kappa shape index (κ3) is 4.87. The monoisotopic (exact) mass is 296 g/mol. The lowest BCUT2D eigenvalue weighted by molar-refractivity contribution is 0.00185. The quantitative estimate of drug-likeness (QED) is 0.849. The molecule has 4 heteroatoms. The SMILES string of the molecule is CC1CC(NC2CN(C(=O)OC(C)(C)C)C2)CC(C)(C)C1. The third-order valence-corrected chi connectivity index (χ3v) is 4.39. The first kappa shape index (κ1) is 16.6. The summed E-state index contributed by atoms with van der Waals surface area (Å²) in [5, 5.41) is 3.74. The van der Waals surface area contributed by atoms with Crippen molar-refractivity contribution in [2.75, 3.05) is 13.1 Å². The van der Waals surface area contributed by atoms with Crippen molar-refractivity contribution in [3.8, 4) is 0 Å². The maximum atomic E-state index is 11.9. The average molecular weight is 296 g/mol. The van der Waals surface area contributed by atoms with E-state index in [0.717, 1.165) is 19.0 Å². The summed E-state index contributed by atoms with van der Waals surface area (Å²) in [7, 11) is 0. The average Bonchev–Trinajstić information content (AvgIpc) is 2.16. The van der Waals surface area contributed by atoms with Crippen LogP contribution >= 0.6 is 0 Å². The fourth-order valence-corrected chi connectivity index (χ4v) is 3.87. The zero-order valence-corrected chi connectivity index (χ0v) is 14.5. The van der Waals surface area contributed by atoms with Gasteiger partial charge in [-0.1, -0.05) is 20.8 Å². The summed E-state index contributed by atoms with van der Waals surface area (Å²) in [5.74, 6) is 0.785. The second-order valence-electron chi connectivity index (χ2n) is 8.86. The van der Waals surface area contributed by atoms with Crippen molar-refractivity contribution in [2.45, 2.75) is 78.5 Å². The van der Waals surface area contributed by atoms with Crippen LogP contribution in [-0.4, -0.2) is 41.8 Å². The predicted molar refractivity (Wildman–Crippen MR) is 85.3 cm³/mol. The first-order chi connectivity index (χ1) is 9.54. The standard InChI is InChI=1S/C17H32N2O2/c1-12-7-13(9-17(5,6)8-12)18-14-10-19(11-14)15(20)21-16(2,3)4/h12-14,18H,7-11H2,1-6H3. The largest absolute Gasteiger partial charge is 0.444 e. The smallest absolute Gasteiger partial charge is 0.410 e. The van der Waals surface area contributed by atoms with E-state index in [4.69, 9.17) is 4.74 Å². The van der Waals surface area contributed by atoms with Crippen LogP contribution in [0.5, 0.6) is 0 Å². The molecule has 0 bridgehead atoms. The van der Waals surface area contributed by atoms with Gasteiger partial charge < -0.3 is 15.0 Å². The Bertz CT molecular complexity index is 381. The molecular formula is C17H32N2O2. The van der Waals surface area contributed by atoms with E-state index >= 15 is 0 Å². The van der Waals surface area contributed by atoms with Crippen molar-refractivity contribution < 1.29 is 9.53 Å². The zero-order valence-electron chi connectivity index (χ0n) is 14.5. The van der Waals surface area contributed by atoms with E-state index in [9.17, 15) is 4.79 Å². The molecule has 1 amide bonds. The second-order valence-corrected chi connectivity index (χ2v) is 8.86. The molecule has 2 atom stereocenters. The van der Waals surface area contributed by atoms with Crippen LogP contribution in [0.15, 0.2) is 0 Å². The molecule has 1 N–H and O–H groups in total. The number of nitrogens with one attached hydrogen (secondary N) is 1. The Morgan fingerprint density at radius 1 is 1.19 bits per heavy atom. The number of hydrogen-bond donors (Lipinski definition) is 1. The first-order valence-electron chi connectivity index (χ1n) is 8.28. The van der Waals surface area contributed by atoms with Crippen molar-refractivity contribution in [3.05, 3.63) is 0 Å². The fourth-order valence-electron chi connectivity index (χ4n) is 3.87. The first-order valence-corrected chi connectivity index (χ1v) is 8.28. The summed E-state index contributed by atoms with van der Waals surface area (Å²) in [5.41, 5.74) is 0.0301. The number of rotatable bonds is 2. The number of amides is 1. The topological polar surface area (TPSA) is 41.6 Å². The predicted octanol–water partition coefficient (Wildman–Crippen LogP) is 3.41. The molecule has 1 aliphatic heterocycles. The van der Waals surface area contributed by atoms with E-state index in [1.54, 1.807) is 4.90 Å². The van der Waals surface area contributed by atoms with Gasteiger partial charge in [0.05, 0.1) is 0 Å². The Morgan fingerprint density at radius 2 is 1.81 bits per heavy atom. The van der Waals surface area contributed by atoms with E-state index in [1.165, 1.54) is 19.3 Å². The molecule has 1 saturated heterocycles. The van der Waals surface area contributed by atoms with Crippen LogP contribution in [0.4, 0.5) is 4.79 Å². The molecular weight excluding hydrogens is 264 g/mol. The van der Waals surface area contributed by atoms with Crippen LogP contribution in [0.25, 0.3) is 0 Å².